The molecule has 0 aliphatic rings. The predicted octanol–water partition coefficient (Wildman–Crippen LogP) is 4.64. The third-order valence-electron chi connectivity index (χ3n) is 4.73. The fraction of sp³-hybridized carbons (Fsp3) is 0.348. The molecule has 3 aromatic rings. The fourth-order valence-corrected chi connectivity index (χ4v) is 3.77. The topological polar surface area (TPSA) is 58.1 Å². The minimum absolute atomic E-state index is 0.110. The Morgan fingerprint density at radius 1 is 1.07 bits per heavy atom. The van der Waals surface area contributed by atoms with Gasteiger partial charge in [-0.3, -0.25) is 4.79 Å². The van der Waals surface area contributed by atoms with Gasteiger partial charge in [-0.1, -0.05) is 67.6 Å². The molecule has 1 heterocycles. The molecule has 0 atom stereocenters. The number of anilines is 1. The zero-order valence-corrected chi connectivity index (χ0v) is 17.9. The van der Waals surface area contributed by atoms with Gasteiger partial charge in [0.25, 0.3) is 0 Å². The zero-order valence-electron chi connectivity index (χ0n) is 17.1. The van der Waals surface area contributed by atoms with E-state index in [-0.39, 0.29) is 5.91 Å². The summed E-state index contributed by atoms with van der Waals surface area (Å²) < 4.78 is 0. The lowest BCUT2D eigenvalue weighted by atomic mass is 10.1. The van der Waals surface area contributed by atoms with Crippen LogP contribution in [0.1, 0.15) is 25.3 Å². The Kier molecular flexibility index (Phi) is 7.87. The van der Waals surface area contributed by atoms with Crippen molar-refractivity contribution in [2.75, 3.05) is 31.2 Å². The molecule has 2 aromatic carbocycles. The van der Waals surface area contributed by atoms with Gasteiger partial charge in [0.1, 0.15) is 5.82 Å². The van der Waals surface area contributed by atoms with Crippen molar-refractivity contribution in [2.45, 2.75) is 31.3 Å². The fourth-order valence-electron chi connectivity index (χ4n) is 2.98. The molecule has 5 nitrogen and oxygen atoms in total. The number of hydrogen-bond donors (Lipinski definition) is 1. The van der Waals surface area contributed by atoms with E-state index < -0.39 is 0 Å². The Morgan fingerprint density at radius 3 is 2.62 bits per heavy atom. The minimum atomic E-state index is 0.110. The van der Waals surface area contributed by atoms with Crippen LogP contribution in [0.2, 0.25) is 0 Å². The van der Waals surface area contributed by atoms with Gasteiger partial charge in [-0.25, -0.2) is 9.97 Å². The van der Waals surface area contributed by atoms with Crippen LogP contribution < -0.4 is 5.32 Å². The summed E-state index contributed by atoms with van der Waals surface area (Å²) in [6.07, 6.45) is 3.02. The first-order chi connectivity index (χ1) is 14.2. The maximum Gasteiger partial charge on any atom is 0.232 e. The first-order valence-corrected chi connectivity index (χ1v) is 11.1. The molecule has 0 aliphatic heterocycles. The Morgan fingerprint density at radius 2 is 1.83 bits per heavy atom. The van der Waals surface area contributed by atoms with Crippen molar-refractivity contribution in [1.82, 2.24) is 14.9 Å². The molecule has 0 saturated heterocycles. The molecule has 1 aromatic heterocycles. The smallest absolute Gasteiger partial charge is 0.232 e. The molecular weight excluding hydrogens is 380 g/mol. The summed E-state index contributed by atoms with van der Waals surface area (Å²) in [6, 6.07) is 18.4. The summed E-state index contributed by atoms with van der Waals surface area (Å²) in [7, 11) is 1.86. The molecule has 0 unspecified atom stereocenters. The summed E-state index contributed by atoms with van der Waals surface area (Å²) in [6.45, 7) is 3.71. The van der Waals surface area contributed by atoms with Crippen LogP contribution in [0, 0.1) is 0 Å². The van der Waals surface area contributed by atoms with Crippen molar-refractivity contribution in [1.29, 1.82) is 0 Å². The second-order valence-corrected chi connectivity index (χ2v) is 7.93. The number of thioether (sulfide) groups is 1. The van der Waals surface area contributed by atoms with E-state index >= 15 is 0 Å². The van der Waals surface area contributed by atoms with Crippen molar-refractivity contribution in [3.05, 3.63) is 60.2 Å². The third kappa shape index (κ3) is 6.19. The quantitative estimate of drug-likeness (QED) is 0.391. The maximum atomic E-state index is 12.3. The van der Waals surface area contributed by atoms with Crippen molar-refractivity contribution < 1.29 is 4.79 Å². The number of carbonyl (C=O) groups is 1. The van der Waals surface area contributed by atoms with Crippen LogP contribution in [0.3, 0.4) is 0 Å². The molecule has 6 heteroatoms. The van der Waals surface area contributed by atoms with Crippen LogP contribution in [-0.4, -0.2) is 46.7 Å². The number of aromatic nitrogens is 2. The van der Waals surface area contributed by atoms with E-state index in [9.17, 15) is 4.79 Å². The molecule has 0 aliphatic carbocycles. The monoisotopic (exact) mass is 408 g/mol. The number of amides is 1. The molecule has 0 spiro atoms. The Hall–Kier alpha value is -2.60. The lowest BCUT2D eigenvalue weighted by molar-refractivity contribution is -0.127. The van der Waals surface area contributed by atoms with Gasteiger partial charge in [0.05, 0.1) is 11.3 Å². The number of carbonyl (C=O) groups excluding carboxylic acids is 1. The summed E-state index contributed by atoms with van der Waals surface area (Å²) in [5, 5.41) is 5.08. The van der Waals surface area contributed by atoms with Crippen molar-refractivity contribution in [3.8, 4) is 0 Å². The Balaban J connectivity index is 1.67. The molecule has 152 valence electrons. The van der Waals surface area contributed by atoms with E-state index in [0.717, 1.165) is 49.1 Å². The standard InChI is InChI=1S/C23H28N4OS/c1-3-4-16-27(2)21(28)17-29-23-25-20-13-9-8-12-19(20)22(26-23)24-15-14-18-10-6-5-7-11-18/h5-13H,3-4,14-17H2,1-2H3,(H,24,25,26). The maximum absolute atomic E-state index is 12.3. The summed E-state index contributed by atoms with van der Waals surface area (Å²) in [4.78, 5) is 23.5. The lowest BCUT2D eigenvalue weighted by Crippen LogP contribution is -2.29. The van der Waals surface area contributed by atoms with E-state index in [0.29, 0.717) is 10.9 Å². The van der Waals surface area contributed by atoms with Gasteiger partial charge < -0.3 is 10.2 Å². The normalized spacial score (nSPS) is 10.8. The van der Waals surface area contributed by atoms with Crippen LogP contribution in [-0.2, 0) is 11.2 Å². The first-order valence-electron chi connectivity index (χ1n) is 10.1. The predicted molar refractivity (Wildman–Crippen MR) is 121 cm³/mol. The highest BCUT2D eigenvalue weighted by molar-refractivity contribution is 7.99. The lowest BCUT2D eigenvalue weighted by Gasteiger charge is -2.16. The Labute approximate surface area is 176 Å². The highest BCUT2D eigenvalue weighted by Gasteiger charge is 2.12. The molecule has 0 radical (unpaired) electrons. The molecule has 0 fully saturated rings. The summed E-state index contributed by atoms with van der Waals surface area (Å²) in [5.41, 5.74) is 2.17. The van der Waals surface area contributed by atoms with Crippen molar-refractivity contribution >= 4 is 34.4 Å². The van der Waals surface area contributed by atoms with Crippen LogP contribution in [0.25, 0.3) is 10.9 Å². The van der Waals surface area contributed by atoms with E-state index in [2.05, 4.69) is 41.5 Å². The minimum Gasteiger partial charge on any atom is -0.369 e. The van der Waals surface area contributed by atoms with Gasteiger partial charge in [0, 0.05) is 25.5 Å². The van der Waals surface area contributed by atoms with Gasteiger partial charge in [-0.05, 0) is 30.5 Å². The second-order valence-electron chi connectivity index (χ2n) is 6.99. The number of nitrogens with zero attached hydrogens (tertiary/aromatic N) is 3. The molecular formula is C23H28N4OS. The highest BCUT2D eigenvalue weighted by Crippen LogP contribution is 2.24. The third-order valence-corrected chi connectivity index (χ3v) is 5.56. The molecule has 1 amide bonds. The number of benzene rings is 2. The SMILES string of the molecule is CCCCN(C)C(=O)CSc1nc(NCCc2ccccc2)c2ccccc2n1. The average Bonchev–Trinajstić information content (AvgIpc) is 2.76. The van der Waals surface area contributed by atoms with E-state index in [1.807, 2.05) is 37.4 Å². The zero-order chi connectivity index (χ0) is 20.5. The van der Waals surface area contributed by atoms with Crippen LogP contribution in [0.15, 0.2) is 59.8 Å². The number of unbranched alkanes of at least 4 members (excludes halogenated alkanes) is 1. The van der Waals surface area contributed by atoms with Gasteiger partial charge in [0.15, 0.2) is 5.16 Å². The van der Waals surface area contributed by atoms with Gasteiger partial charge in [-0.15, -0.1) is 0 Å². The molecule has 29 heavy (non-hydrogen) atoms. The van der Waals surface area contributed by atoms with Crippen molar-refractivity contribution in [3.63, 3.8) is 0 Å². The largest absolute Gasteiger partial charge is 0.369 e. The molecule has 3 rings (SSSR count). The summed E-state index contributed by atoms with van der Waals surface area (Å²) in [5.74, 6) is 1.28. The van der Waals surface area contributed by atoms with Gasteiger partial charge in [-0.2, -0.15) is 0 Å². The molecule has 0 bridgehead atoms. The molecule has 0 saturated carbocycles. The number of hydrogen-bond acceptors (Lipinski definition) is 5. The number of rotatable bonds is 10. The van der Waals surface area contributed by atoms with E-state index in [1.165, 1.54) is 17.3 Å². The summed E-state index contributed by atoms with van der Waals surface area (Å²) >= 11 is 1.40. The highest BCUT2D eigenvalue weighted by atomic mass is 32.2. The van der Waals surface area contributed by atoms with Crippen LogP contribution in [0.4, 0.5) is 5.82 Å². The number of para-hydroxylation sites is 1. The average molecular weight is 409 g/mol. The number of fused-ring (bicyclic) bond motifs is 1. The first kappa shape index (κ1) is 21.1. The van der Waals surface area contributed by atoms with Crippen molar-refractivity contribution in [2.24, 2.45) is 0 Å². The second kappa shape index (κ2) is 10.8. The Bertz CT molecular complexity index is 933. The van der Waals surface area contributed by atoms with E-state index in [4.69, 9.17) is 4.98 Å². The van der Waals surface area contributed by atoms with Crippen LogP contribution in [0.5, 0.6) is 0 Å². The van der Waals surface area contributed by atoms with E-state index in [1.54, 1.807) is 4.90 Å². The molecule has 1 N–H and O–H groups in total. The van der Waals surface area contributed by atoms with Gasteiger partial charge in [0.2, 0.25) is 5.91 Å². The van der Waals surface area contributed by atoms with Crippen LogP contribution >= 0.6 is 11.8 Å². The number of nitrogens with one attached hydrogen (secondary N) is 1. The van der Waals surface area contributed by atoms with Gasteiger partial charge >= 0.3 is 0 Å².